The van der Waals surface area contributed by atoms with Gasteiger partial charge in [0, 0.05) is 60.7 Å². The normalized spacial score (nSPS) is 15.8. The number of sulfonamides is 1. The van der Waals surface area contributed by atoms with Crippen molar-refractivity contribution < 1.29 is 17.9 Å². The van der Waals surface area contributed by atoms with Gasteiger partial charge in [0.15, 0.2) is 0 Å². The molecule has 0 unspecified atom stereocenters. The van der Waals surface area contributed by atoms with Crippen molar-refractivity contribution in [3.05, 3.63) is 76.4 Å². The van der Waals surface area contributed by atoms with Crippen molar-refractivity contribution in [1.82, 2.24) is 29.1 Å². The van der Waals surface area contributed by atoms with Crippen LogP contribution in [0, 0.1) is 6.92 Å². The van der Waals surface area contributed by atoms with Crippen LogP contribution in [-0.2, 0) is 21.4 Å². The SMILES string of the molecule is CNCCN(C)C(=O)[C@@H]1CCCN1S(=O)(=O)c1ccc(Cl)c(COc2cccc3c(-n4ccnc4)cc(C)nc23)c1Cl. The lowest BCUT2D eigenvalue weighted by Crippen LogP contribution is -2.47. The van der Waals surface area contributed by atoms with Crippen LogP contribution in [0.2, 0.25) is 10.0 Å². The van der Waals surface area contributed by atoms with Gasteiger partial charge < -0.3 is 19.5 Å². The Morgan fingerprint density at radius 2 is 2.05 bits per heavy atom. The number of carbonyl (C=O) groups is 1. The number of imidazole rings is 1. The molecule has 5 rings (SSSR count). The summed E-state index contributed by atoms with van der Waals surface area (Å²) >= 11 is 13.3. The van der Waals surface area contributed by atoms with Crippen molar-refractivity contribution in [1.29, 1.82) is 0 Å². The summed E-state index contributed by atoms with van der Waals surface area (Å²) in [6.45, 7) is 3.10. The molecule has 13 heteroatoms. The van der Waals surface area contributed by atoms with Gasteiger partial charge in [-0.3, -0.25) is 4.79 Å². The second kappa shape index (κ2) is 12.6. The molecule has 1 aliphatic rings. The van der Waals surface area contributed by atoms with E-state index in [1.165, 1.54) is 16.4 Å². The number of rotatable bonds is 10. The lowest BCUT2D eigenvalue weighted by Gasteiger charge is -2.28. The summed E-state index contributed by atoms with van der Waals surface area (Å²) in [5.41, 5.74) is 2.65. The first-order valence-corrected chi connectivity index (χ1v) is 15.7. The van der Waals surface area contributed by atoms with E-state index >= 15 is 0 Å². The topological polar surface area (TPSA) is 110 Å². The Kier molecular flexibility index (Phi) is 9.05. The maximum absolute atomic E-state index is 13.9. The number of carbonyl (C=O) groups excluding carboxylic acids is 1. The minimum Gasteiger partial charge on any atom is -0.487 e. The van der Waals surface area contributed by atoms with Gasteiger partial charge in [-0.15, -0.1) is 0 Å². The molecule has 1 N–H and O–H groups in total. The summed E-state index contributed by atoms with van der Waals surface area (Å²) in [5, 5.41) is 4.09. The van der Waals surface area contributed by atoms with Crippen molar-refractivity contribution in [2.75, 3.05) is 33.7 Å². The number of pyridine rings is 1. The van der Waals surface area contributed by atoms with Crippen LogP contribution in [0.25, 0.3) is 16.6 Å². The van der Waals surface area contributed by atoms with Crippen LogP contribution in [0.5, 0.6) is 5.75 Å². The molecule has 4 aromatic rings. The maximum atomic E-state index is 13.9. The number of nitrogens with one attached hydrogen (secondary N) is 1. The summed E-state index contributed by atoms with van der Waals surface area (Å²) in [6.07, 6.45) is 6.29. The number of likely N-dealkylation sites (N-methyl/N-ethyl adjacent to an activating group) is 2. The molecule has 1 saturated heterocycles. The number of fused-ring (bicyclic) bond motifs is 1. The Balaban J connectivity index is 1.44. The number of hydrogen-bond donors (Lipinski definition) is 1. The lowest BCUT2D eigenvalue weighted by atomic mass is 10.1. The van der Waals surface area contributed by atoms with Crippen LogP contribution < -0.4 is 10.1 Å². The average molecular weight is 632 g/mol. The second-order valence-corrected chi connectivity index (χ2v) is 12.8. The molecule has 0 aliphatic carbocycles. The molecule has 0 spiro atoms. The molecular formula is C29H32Cl2N6O4S. The fraction of sp³-hybridized carbons (Fsp3) is 0.345. The lowest BCUT2D eigenvalue weighted by molar-refractivity contribution is -0.133. The van der Waals surface area contributed by atoms with Crippen LogP contribution in [0.1, 0.15) is 24.1 Å². The average Bonchev–Trinajstić information content (AvgIpc) is 3.68. The van der Waals surface area contributed by atoms with Gasteiger partial charge in [-0.2, -0.15) is 4.31 Å². The molecule has 0 bridgehead atoms. The Hall–Kier alpha value is -3.22. The summed E-state index contributed by atoms with van der Waals surface area (Å²) < 4.78 is 37.1. The fourth-order valence-electron chi connectivity index (χ4n) is 5.16. The first kappa shape index (κ1) is 30.2. The highest BCUT2D eigenvalue weighted by atomic mass is 35.5. The predicted octanol–water partition coefficient (Wildman–Crippen LogP) is 4.45. The quantitative estimate of drug-likeness (QED) is 0.276. The third-order valence-electron chi connectivity index (χ3n) is 7.36. The summed E-state index contributed by atoms with van der Waals surface area (Å²) in [5.74, 6) is 0.251. The van der Waals surface area contributed by atoms with E-state index in [0.717, 1.165) is 16.8 Å². The predicted molar refractivity (Wildman–Crippen MR) is 163 cm³/mol. The number of aromatic nitrogens is 3. The first-order chi connectivity index (χ1) is 20.1. The van der Waals surface area contributed by atoms with Crippen molar-refractivity contribution >= 4 is 50.0 Å². The molecule has 42 heavy (non-hydrogen) atoms. The van der Waals surface area contributed by atoms with Gasteiger partial charge in [-0.1, -0.05) is 35.3 Å². The van der Waals surface area contributed by atoms with E-state index in [0.29, 0.717) is 42.8 Å². The molecule has 1 amide bonds. The third kappa shape index (κ3) is 5.84. The Morgan fingerprint density at radius 3 is 2.79 bits per heavy atom. The molecule has 222 valence electrons. The zero-order valence-electron chi connectivity index (χ0n) is 23.5. The number of hydrogen-bond acceptors (Lipinski definition) is 7. The molecule has 1 fully saturated rings. The minimum absolute atomic E-state index is 0.0346. The number of nitrogens with zero attached hydrogens (tertiary/aromatic N) is 5. The van der Waals surface area contributed by atoms with E-state index in [1.807, 2.05) is 35.9 Å². The zero-order valence-corrected chi connectivity index (χ0v) is 25.9. The third-order valence-corrected chi connectivity index (χ3v) is 10.2. The second-order valence-electron chi connectivity index (χ2n) is 10.2. The molecule has 1 aliphatic heterocycles. The molecule has 1 atom stereocenters. The Labute approximate surface area is 255 Å². The van der Waals surface area contributed by atoms with E-state index in [4.69, 9.17) is 32.9 Å². The van der Waals surface area contributed by atoms with Crippen LogP contribution in [-0.4, -0.2) is 77.8 Å². The van der Waals surface area contributed by atoms with Crippen molar-refractivity contribution in [2.24, 2.45) is 0 Å². The van der Waals surface area contributed by atoms with Gasteiger partial charge in [-0.25, -0.2) is 18.4 Å². The standard InChI is InChI=1S/C29H32Cl2N6O4S/c1-19-16-24(36-15-12-33-18-36)20-6-4-8-25(28(20)34-19)41-17-21-22(30)9-10-26(27(21)31)42(39,40)37-13-5-7-23(37)29(38)35(3)14-11-32-2/h4,6,8-10,12,15-16,18,23,32H,5,7,11,13-14,17H2,1-3H3/t23-/m0/s1. The van der Waals surface area contributed by atoms with E-state index in [-0.39, 0.29) is 34.0 Å². The summed E-state index contributed by atoms with van der Waals surface area (Å²) in [6, 6.07) is 9.64. The van der Waals surface area contributed by atoms with Gasteiger partial charge in [0.05, 0.1) is 17.0 Å². The van der Waals surface area contributed by atoms with Crippen molar-refractivity contribution in [3.8, 4) is 11.4 Å². The number of aryl methyl sites for hydroxylation is 1. The van der Waals surface area contributed by atoms with Crippen LogP contribution in [0.3, 0.4) is 0 Å². The van der Waals surface area contributed by atoms with Gasteiger partial charge >= 0.3 is 0 Å². The molecule has 2 aromatic heterocycles. The van der Waals surface area contributed by atoms with Gasteiger partial charge in [0.1, 0.15) is 28.8 Å². The largest absolute Gasteiger partial charge is 0.487 e. The molecule has 0 saturated carbocycles. The monoisotopic (exact) mass is 630 g/mol. The van der Waals surface area contributed by atoms with E-state index in [9.17, 15) is 13.2 Å². The smallest absolute Gasteiger partial charge is 0.245 e. The van der Waals surface area contributed by atoms with Crippen LogP contribution >= 0.6 is 23.2 Å². The van der Waals surface area contributed by atoms with E-state index in [1.54, 1.807) is 37.6 Å². The molecule has 3 heterocycles. The Bertz CT molecular complexity index is 1720. The molecule has 0 radical (unpaired) electrons. The molecule has 10 nitrogen and oxygen atoms in total. The van der Waals surface area contributed by atoms with Gasteiger partial charge in [0.25, 0.3) is 0 Å². The maximum Gasteiger partial charge on any atom is 0.245 e. The zero-order chi connectivity index (χ0) is 30.0. The van der Waals surface area contributed by atoms with Crippen LogP contribution in [0.4, 0.5) is 0 Å². The van der Waals surface area contributed by atoms with Crippen LogP contribution in [0.15, 0.2) is 60.0 Å². The summed E-state index contributed by atoms with van der Waals surface area (Å²) in [4.78, 5) is 23.4. The number of halogens is 2. The number of amides is 1. The van der Waals surface area contributed by atoms with Crippen molar-refractivity contribution in [3.63, 3.8) is 0 Å². The highest BCUT2D eigenvalue weighted by Crippen LogP contribution is 2.37. The van der Waals surface area contributed by atoms with E-state index in [2.05, 4.69) is 10.3 Å². The van der Waals surface area contributed by atoms with Gasteiger partial charge in [0.2, 0.25) is 15.9 Å². The number of ether oxygens (including phenoxy) is 1. The fourth-order valence-corrected chi connectivity index (χ4v) is 7.68. The van der Waals surface area contributed by atoms with E-state index < -0.39 is 16.1 Å². The highest BCUT2D eigenvalue weighted by molar-refractivity contribution is 7.89. The molecular weight excluding hydrogens is 599 g/mol. The Morgan fingerprint density at radius 1 is 1.24 bits per heavy atom. The first-order valence-electron chi connectivity index (χ1n) is 13.5. The summed E-state index contributed by atoms with van der Waals surface area (Å²) in [7, 11) is -0.635. The number of benzene rings is 2. The molecule has 2 aromatic carbocycles. The highest BCUT2D eigenvalue weighted by Gasteiger charge is 2.41. The van der Waals surface area contributed by atoms with Crippen molar-refractivity contribution in [2.45, 2.75) is 37.3 Å². The minimum atomic E-state index is -4.11. The number of para-hydroxylation sites is 1. The van der Waals surface area contributed by atoms with Gasteiger partial charge in [-0.05, 0) is 51.1 Å².